The summed E-state index contributed by atoms with van der Waals surface area (Å²) in [5.74, 6) is 0.662. The molecule has 2 heterocycles. The maximum Gasteiger partial charge on any atom is 0.227 e. The fourth-order valence-corrected chi connectivity index (χ4v) is 3.20. The number of amides is 1. The van der Waals surface area contributed by atoms with E-state index in [9.17, 15) is 4.79 Å². The largest absolute Gasteiger partial charge is 0.495 e. The van der Waals surface area contributed by atoms with Crippen molar-refractivity contribution in [1.29, 1.82) is 0 Å². The van der Waals surface area contributed by atoms with E-state index in [0.29, 0.717) is 16.5 Å². The molecular formula is C18H20ClN3O2. The maximum absolute atomic E-state index is 12.5. The zero-order chi connectivity index (χ0) is 16.9. The van der Waals surface area contributed by atoms with Crippen molar-refractivity contribution in [3.8, 4) is 5.75 Å². The van der Waals surface area contributed by atoms with E-state index >= 15 is 0 Å². The number of ether oxygens (including phenoxy) is 1. The van der Waals surface area contributed by atoms with Crippen LogP contribution in [0.2, 0.25) is 5.02 Å². The van der Waals surface area contributed by atoms with Crippen molar-refractivity contribution in [1.82, 2.24) is 4.98 Å². The van der Waals surface area contributed by atoms with Crippen molar-refractivity contribution in [3.05, 3.63) is 47.7 Å². The van der Waals surface area contributed by atoms with E-state index in [1.807, 2.05) is 12.1 Å². The first-order valence-electron chi connectivity index (χ1n) is 7.97. The number of methoxy groups -OCH3 is 1. The van der Waals surface area contributed by atoms with Gasteiger partial charge in [-0.05, 0) is 43.2 Å². The lowest BCUT2D eigenvalue weighted by Crippen LogP contribution is -2.38. The minimum absolute atomic E-state index is 0.0176. The molecular weight excluding hydrogens is 326 g/mol. The molecule has 0 atom stereocenters. The summed E-state index contributed by atoms with van der Waals surface area (Å²) in [6.07, 6.45) is 5.25. The zero-order valence-electron chi connectivity index (χ0n) is 13.5. The molecule has 6 heteroatoms. The van der Waals surface area contributed by atoms with Crippen molar-refractivity contribution < 1.29 is 9.53 Å². The molecule has 1 aromatic carbocycles. The second kappa shape index (κ2) is 7.53. The Labute approximate surface area is 146 Å². The summed E-state index contributed by atoms with van der Waals surface area (Å²) in [6, 6.07) is 9.27. The van der Waals surface area contributed by atoms with Crippen molar-refractivity contribution in [2.24, 2.45) is 5.92 Å². The quantitative estimate of drug-likeness (QED) is 0.919. The number of carbonyl (C=O) groups is 1. The molecule has 24 heavy (non-hydrogen) atoms. The summed E-state index contributed by atoms with van der Waals surface area (Å²) in [5.41, 5.74) is 1.85. The number of hydrogen-bond acceptors (Lipinski definition) is 4. The van der Waals surface area contributed by atoms with Crippen LogP contribution in [-0.4, -0.2) is 31.1 Å². The van der Waals surface area contributed by atoms with Crippen LogP contribution in [0.25, 0.3) is 0 Å². The number of piperidine rings is 1. The normalized spacial score (nSPS) is 15.2. The second-order valence-corrected chi connectivity index (χ2v) is 6.21. The number of halogens is 1. The summed E-state index contributed by atoms with van der Waals surface area (Å²) < 4.78 is 5.12. The number of carbonyl (C=O) groups excluding carboxylic acids is 1. The van der Waals surface area contributed by atoms with Crippen LogP contribution in [0.3, 0.4) is 0 Å². The van der Waals surface area contributed by atoms with Gasteiger partial charge in [0, 0.05) is 42.8 Å². The highest BCUT2D eigenvalue weighted by atomic mass is 35.5. The molecule has 0 spiro atoms. The van der Waals surface area contributed by atoms with Gasteiger partial charge in [-0.1, -0.05) is 11.6 Å². The van der Waals surface area contributed by atoms with Crippen LogP contribution >= 0.6 is 11.6 Å². The van der Waals surface area contributed by atoms with Crippen LogP contribution in [-0.2, 0) is 4.79 Å². The molecule has 1 amide bonds. The smallest absolute Gasteiger partial charge is 0.227 e. The second-order valence-electron chi connectivity index (χ2n) is 5.81. The highest BCUT2D eigenvalue weighted by Crippen LogP contribution is 2.28. The van der Waals surface area contributed by atoms with Crippen LogP contribution in [0.4, 0.5) is 11.4 Å². The first-order chi connectivity index (χ1) is 11.7. The summed E-state index contributed by atoms with van der Waals surface area (Å²) in [6.45, 7) is 1.73. The Balaban J connectivity index is 1.56. The molecule has 0 unspecified atom stereocenters. The fourth-order valence-electron chi connectivity index (χ4n) is 2.94. The van der Waals surface area contributed by atoms with E-state index in [2.05, 4.69) is 15.2 Å². The summed E-state index contributed by atoms with van der Waals surface area (Å²) in [7, 11) is 1.57. The summed E-state index contributed by atoms with van der Waals surface area (Å²) >= 11 is 6.10. The summed E-state index contributed by atoms with van der Waals surface area (Å²) in [5, 5.41) is 3.44. The van der Waals surface area contributed by atoms with E-state index in [1.165, 1.54) is 0 Å². The standard InChI is InChI=1S/C18H20ClN3O2/c1-24-17-3-2-14(12-16(17)19)21-18(23)13-6-10-22(11-7-13)15-4-8-20-9-5-15/h2-5,8-9,12-13H,6-7,10-11H2,1H3,(H,21,23). The number of nitrogens with one attached hydrogen (secondary N) is 1. The molecule has 2 aromatic rings. The lowest BCUT2D eigenvalue weighted by molar-refractivity contribution is -0.120. The number of benzene rings is 1. The number of nitrogens with zero attached hydrogens (tertiary/aromatic N) is 2. The molecule has 5 nitrogen and oxygen atoms in total. The average molecular weight is 346 g/mol. The Hall–Kier alpha value is -2.27. The van der Waals surface area contributed by atoms with Gasteiger partial charge in [-0.2, -0.15) is 0 Å². The first-order valence-corrected chi connectivity index (χ1v) is 8.34. The van der Waals surface area contributed by atoms with Gasteiger partial charge in [-0.15, -0.1) is 0 Å². The van der Waals surface area contributed by atoms with Gasteiger partial charge < -0.3 is 15.0 Å². The molecule has 3 rings (SSSR count). The van der Waals surface area contributed by atoms with E-state index in [4.69, 9.17) is 16.3 Å². The van der Waals surface area contributed by atoms with Crippen LogP contribution < -0.4 is 15.0 Å². The van der Waals surface area contributed by atoms with Crippen molar-refractivity contribution in [2.75, 3.05) is 30.4 Å². The molecule has 0 radical (unpaired) electrons. The SMILES string of the molecule is COc1ccc(NC(=O)C2CCN(c3ccncc3)CC2)cc1Cl. The molecule has 0 saturated carbocycles. The topological polar surface area (TPSA) is 54.5 Å². The Morgan fingerprint density at radius 3 is 2.58 bits per heavy atom. The lowest BCUT2D eigenvalue weighted by atomic mass is 9.95. The van der Waals surface area contributed by atoms with Gasteiger partial charge in [0.25, 0.3) is 0 Å². The van der Waals surface area contributed by atoms with Crippen molar-refractivity contribution >= 4 is 28.9 Å². The van der Waals surface area contributed by atoms with Crippen LogP contribution in [0.1, 0.15) is 12.8 Å². The van der Waals surface area contributed by atoms with Gasteiger partial charge in [-0.25, -0.2) is 0 Å². The molecule has 1 fully saturated rings. The Morgan fingerprint density at radius 1 is 1.25 bits per heavy atom. The van der Waals surface area contributed by atoms with Gasteiger partial charge in [-0.3, -0.25) is 9.78 Å². The lowest BCUT2D eigenvalue weighted by Gasteiger charge is -2.32. The monoisotopic (exact) mass is 345 g/mol. The molecule has 0 aliphatic carbocycles. The number of hydrogen-bond donors (Lipinski definition) is 1. The third-order valence-electron chi connectivity index (χ3n) is 4.31. The Morgan fingerprint density at radius 2 is 1.96 bits per heavy atom. The average Bonchev–Trinajstić information content (AvgIpc) is 2.63. The van der Waals surface area contributed by atoms with Crippen molar-refractivity contribution in [2.45, 2.75) is 12.8 Å². The first kappa shape index (κ1) is 16.6. The molecule has 126 valence electrons. The number of pyridine rings is 1. The maximum atomic E-state index is 12.5. The van der Waals surface area contributed by atoms with E-state index in [-0.39, 0.29) is 11.8 Å². The highest BCUT2D eigenvalue weighted by Gasteiger charge is 2.25. The van der Waals surface area contributed by atoms with Crippen molar-refractivity contribution in [3.63, 3.8) is 0 Å². The molecule has 1 aromatic heterocycles. The van der Waals surface area contributed by atoms with Crippen LogP contribution in [0.15, 0.2) is 42.7 Å². The van der Waals surface area contributed by atoms with Crippen LogP contribution in [0.5, 0.6) is 5.75 Å². The minimum Gasteiger partial charge on any atom is -0.495 e. The Kier molecular flexibility index (Phi) is 5.20. The molecule has 0 bridgehead atoms. The van der Waals surface area contributed by atoms with Gasteiger partial charge in [0.05, 0.1) is 12.1 Å². The van der Waals surface area contributed by atoms with Gasteiger partial charge >= 0.3 is 0 Å². The summed E-state index contributed by atoms with van der Waals surface area (Å²) in [4.78, 5) is 18.8. The molecule has 1 saturated heterocycles. The predicted octanol–water partition coefficient (Wildman–Crippen LogP) is 3.60. The Bertz CT molecular complexity index is 701. The van der Waals surface area contributed by atoms with E-state index < -0.39 is 0 Å². The molecule has 1 aliphatic heterocycles. The van der Waals surface area contributed by atoms with Gasteiger partial charge in [0.15, 0.2) is 0 Å². The highest BCUT2D eigenvalue weighted by molar-refractivity contribution is 6.32. The number of anilines is 2. The third kappa shape index (κ3) is 3.79. The number of rotatable bonds is 4. The van der Waals surface area contributed by atoms with E-state index in [0.717, 1.165) is 31.6 Å². The predicted molar refractivity (Wildman–Crippen MR) is 95.8 cm³/mol. The zero-order valence-corrected chi connectivity index (χ0v) is 14.3. The number of aromatic nitrogens is 1. The minimum atomic E-state index is 0.0176. The van der Waals surface area contributed by atoms with Gasteiger partial charge in [0.1, 0.15) is 5.75 Å². The fraction of sp³-hybridized carbons (Fsp3) is 0.333. The van der Waals surface area contributed by atoms with Gasteiger partial charge in [0.2, 0.25) is 5.91 Å². The molecule has 1 aliphatic rings. The van der Waals surface area contributed by atoms with E-state index in [1.54, 1.807) is 37.7 Å². The van der Waals surface area contributed by atoms with Crippen LogP contribution in [0, 0.1) is 5.92 Å². The molecule has 1 N–H and O–H groups in total. The third-order valence-corrected chi connectivity index (χ3v) is 4.61.